The summed E-state index contributed by atoms with van der Waals surface area (Å²) in [6, 6.07) is 17.5. The van der Waals surface area contributed by atoms with Gasteiger partial charge in [-0.25, -0.2) is 0 Å². The van der Waals surface area contributed by atoms with Crippen molar-refractivity contribution >= 4 is 11.6 Å². The fraction of sp³-hybridized carbons (Fsp3) is 0.182. The number of pyridine rings is 1. The van der Waals surface area contributed by atoms with Crippen LogP contribution in [-0.2, 0) is 16.8 Å². The summed E-state index contributed by atoms with van der Waals surface area (Å²) in [5, 5.41) is 0. The molecule has 1 aromatic heterocycles. The number of anilines is 1. The maximum atomic E-state index is 13.7. The molecule has 2 aliphatic heterocycles. The molecular formula is C22H18N2O3. The van der Waals surface area contributed by atoms with E-state index < -0.39 is 5.41 Å². The molecule has 0 aliphatic carbocycles. The number of amides is 1. The quantitative estimate of drug-likeness (QED) is 0.721. The maximum absolute atomic E-state index is 13.7. The molecule has 5 nitrogen and oxygen atoms in total. The fourth-order valence-corrected chi connectivity index (χ4v) is 4.12. The van der Waals surface area contributed by atoms with E-state index in [1.54, 1.807) is 19.5 Å². The van der Waals surface area contributed by atoms with Gasteiger partial charge in [0.05, 0.1) is 13.7 Å². The second-order valence-corrected chi connectivity index (χ2v) is 6.83. The Balaban J connectivity index is 1.65. The van der Waals surface area contributed by atoms with Crippen molar-refractivity contribution in [3.05, 3.63) is 83.7 Å². The summed E-state index contributed by atoms with van der Waals surface area (Å²) < 4.78 is 11.3. The van der Waals surface area contributed by atoms with Gasteiger partial charge in [-0.2, -0.15) is 0 Å². The summed E-state index contributed by atoms with van der Waals surface area (Å²) >= 11 is 0. The van der Waals surface area contributed by atoms with Crippen LogP contribution >= 0.6 is 0 Å². The number of benzene rings is 2. The van der Waals surface area contributed by atoms with Crippen molar-refractivity contribution < 1.29 is 14.3 Å². The number of carbonyl (C=O) groups is 1. The molecule has 0 saturated heterocycles. The highest BCUT2D eigenvalue weighted by Crippen LogP contribution is 2.53. The number of carbonyl (C=O) groups excluding carboxylic acids is 1. The van der Waals surface area contributed by atoms with Crippen LogP contribution in [0.5, 0.6) is 11.5 Å². The van der Waals surface area contributed by atoms with Gasteiger partial charge in [-0.3, -0.25) is 9.78 Å². The van der Waals surface area contributed by atoms with E-state index in [0.29, 0.717) is 18.9 Å². The van der Waals surface area contributed by atoms with Crippen molar-refractivity contribution in [2.24, 2.45) is 0 Å². The predicted molar refractivity (Wildman–Crippen MR) is 101 cm³/mol. The smallest absolute Gasteiger partial charge is 0.246 e. The average Bonchev–Trinajstić information content (AvgIpc) is 3.21. The Morgan fingerprint density at radius 1 is 1.15 bits per heavy atom. The van der Waals surface area contributed by atoms with Crippen LogP contribution in [0.2, 0.25) is 0 Å². The minimum absolute atomic E-state index is 0.0384. The molecule has 0 saturated carbocycles. The van der Waals surface area contributed by atoms with Crippen LogP contribution in [0.25, 0.3) is 0 Å². The van der Waals surface area contributed by atoms with E-state index in [-0.39, 0.29) is 5.91 Å². The minimum atomic E-state index is -0.805. The second kappa shape index (κ2) is 5.84. The zero-order valence-corrected chi connectivity index (χ0v) is 14.9. The number of hydrogen-bond donors (Lipinski definition) is 0. The van der Waals surface area contributed by atoms with Crippen LogP contribution < -0.4 is 14.4 Å². The second-order valence-electron chi connectivity index (χ2n) is 6.83. The molecule has 1 spiro atoms. The molecule has 3 aromatic rings. The Morgan fingerprint density at radius 3 is 2.85 bits per heavy atom. The maximum Gasteiger partial charge on any atom is 0.246 e. The van der Waals surface area contributed by atoms with Crippen molar-refractivity contribution in [2.75, 3.05) is 18.6 Å². The molecular weight excluding hydrogens is 340 g/mol. The zero-order chi connectivity index (χ0) is 18.4. The van der Waals surface area contributed by atoms with Crippen LogP contribution in [0, 0.1) is 0 Å². The lowest BCUT2D eigenvalue weighted by Gasteiger charge is -2.23. The van der Waals surface area contributed by atoms with E-state index in [4.69, 9.17) is 9.47 Å². The van der Waals surface area contributed by atoms with Crippen molar-refractivity contribution in [3.8, 4) is 11.5 Å². The highest BCUT2D eigenvalue weighted by Gasteiger charge is 2.56. The molecule has 2 aromatic carbocycles. The van der Waals surface area contributed by atoms with Crippen molar-refractivity contribution in [1.82, 2.24) is 4.98 Å². The van der Waals surface area contributed by atoms with Crippen molar-refractivity contribution in [2.45, 2.75) is 12.0 Å². The minimum Gasteiger partial charge on any atom is -0.497 e. The predicted octanol–water partition coefficient (Wildman–Crippen LogP) is 3.32. The van der Waals surface area contributed by atoms with Gasteiger partial charge in [0.15, 0.2) is 0 Å². The summed E-state index contributed by atoms with van der Waals surface area (Å²) in [6.07, 6.45) is 3.53. The third-order valence-corrected chi connectivity index (χ3v) is 5.42. The molecule has 3 heterocycles. The fourth-order valence-electron chi connectivity index (χ4n) is 4.12. The molecule has 27 heavy (non-hydrogen) atoms. The normalized spacial score (nSPS) is 19.7. The standard InChI is InChI=1S/C22H18N2O3/c1-26-16-8-9-18-20(11-16)27-14-22(18)17-6-2-3-7-19(17)24(21(22)25)13-15-5-4-10-23-12-15/h2-12H,13-14H2,1H3. The lowest BCUT2D eigenvalue weighted by Crippen LogP contribution is -2.42. The summed E-state index contributed by atoms with van der Waals surface area (Å²) in [4.78, 5) is 19.7. The number of fused-ring (bicyclic) bond motifs is 4. The van der Waals surface area contributed by atoms with E-state index in [9.17, 15) is 4.79 Å². The Kier molecular flexibility index (Phi) is 3.44. The zero-order valence-electron chi connectivity index (χ0n) is 14.9. The number of aromatic nitrogens is 1. The molecule has 1 atom stereocenters. The van der Waals surface area contributed by atoms with Gasteiger partial charge >= 0.3 is 0 Å². The van der Waals surface area contributed by atoms with Crippen LogP contribution in [0.3, 0.4) is 0 Å². The van der Waals surface area contributed by atoms with E-state index in [0.717, 1.165) is 28.1 Å². The molecule has 0 bridgehead atoms. The Bertz CT molecular complexity index is 1030. The number of para-hydroxylation sites is 1. The van der Waals surface area contributed by atoms with E-state index in [2.05, 4.69) is 4.98 Å². The van der Waals surface area contributed by atoms with Gasteiger partial charge in [0.2, 0.25) is 5.91 Å². The summed E-state index contributed by atoms with van der Waals surface area (Å²) in [6.45, 7) is 0.784. The number of methoxy groups -OCH3 is 1. The molecule has 2 aliphatic rings. The highest BCUT2D eigenvalue weighted by atomic mass is 16.5. The molecule has 134 valence electrons. The number of hydrogen-bond acceptors (Lipinski definition) is 4. The number of ether oxygens (including phenoxy) is 2. The first-order valence-electron chi connectivity index (χ1n) is 8.86. The lowest BCUT2D eigenvalue weighted by molar-refractivity contribution is -0.122. The van der Waals surface area contributed by atoms with Crippen LogP contribution in [0.15, 0.2) is 67.0 Å². The first kappa shape index (κ1) is 15.9. The molecule has 0 N–H and O–H groups in total. The van der Waals surface area contributed by atoms with Gasteiger partial charge in [-0.05, 0) is 29.3 Å². The molecule has 5 heteroatoms. The van der Waals surface area contributed by atoms with Gasteiger partial charge in [-0.1, -0.05) is 30.3 Å². The summed E-state index contributed by atoms with van der Waals surface area (Å²) in [5.41, 5.74) is 3.00. The van der Waals surface area contributed by atoms with Gasteiger partial charge < -0.3 is 14.4 Å². The topological polar surface area (TPSA) is 51.7 Å². The first-order chi connectivity index (χ1) is 13.2. The van der Waals surface area contributed by atoms with Gasteiger partial charge in [-0.15, -0.1) is 0 Å². The molecule has 1 unspecified atom stereocenters. The third-order valence-electron chi connectivity index (χ3n) is 5.42. The van der Waals surface area contributed by atoms with Crippen molar-refractivity contribution in [3.63, 3.8) is 0 Å². The summed E-state index contributed by atoms with van der Waals surface area (Å²) in [7, 11) is 1.62. The van der Waals surface area contributed by atoms with Crippen LogP contribution in [-0.4, -0.2) is 24.6 Å². The van der Waals surface area contributed by atoms with Gasteiger partial charge in [0, 0.05) is 29.7 Å². The Hall–Kier alpha value is -3.34. The van der Waals surface area contributed by atoms with E-state index in [1.807, 2.05) is 59.5 Å². The molecule has 0 radical (unpaired) electrons. The monoisotopic (exact) mass is 358 g/mol. The SMILES string of the molecule is COc1ccc2c(c1)OCC21C(=O)N(Cc2cccnc2)c2ccccc21. The molecule has 1 amide bonds. The van der Waals surface area contributed by atoms with Gasteiger partial charge in [0.1, 0.15) is 23.5 Å². The molecule has 5 rings (SSSR count). The van der Waals surface area contributed by atoms with E-state index >= 15 is 0 Å². The van der Waals surface area contributed by atoms with Crippen molar-refractivity contribution in [1.29, 1.82) is 0 Å². The summed E-state index contributed by atoms with van der Waals surface area (Å²) in [5.74, 6) is 1.47. The Labute approximate surface area is 157 Å². The number of nitrogens with zero attached hydrogens (tertiary/aromatic N) is 2. The Morgan fingerprint density at radius 2 is 2.04 bits per heavy atom. The first-order valence-corrected chi connectivity index (χ1v) is 8.86. The van der Waals surface area contributed by atoms with Gasteiger partial charge in [0.25, 0.3) is 0 Å². The largest absolute Gasteiger partial charge is 0.497 e. The van der Waals surface area contributed by atoms with E-state index in [1.165, 1.54) is 0 Å². The molecule has 0 fully saturated rings. The lowest BCUT2D eigenvalue weighted by atomic mass is 9.77. The van der Waals surface area contributed by atoms with Crippen LogP contribution in [0.4, 0.5) is 5.69 Å². The van der Waals surface area contributed by atoms with Crippen LogP contribution in [0.1, 0.15) is 16.7 Å². The highest BCUT2D eigenvalue weighted by molar-refractivity contribution is 6.11. The third kappa shape index (κ3) is 2.18. The number of rotatable bonds is 3. The average molecular weight is 358 g/mol.